The van der Waals surface area contributed by atoms with E-state index in [9.17, 15) is 0 Å². The van der Waals surface area contributed by atoms with Crippen LogP contribution >= 0.6 is 0 Å². The molecular formula is C12H16N2. The molecule has 0 amide bonds. The lowest BCUT2D eigenvalue weighted by atomic mass is 9.47. The second kappa shape index (κ2) is 2.80. The quantitative estimate of drug-likeness (QED) is 0.732. The molecule has 0 saturated heterocycles. The molecule has 0 aromatic carbocycles. The number of hydrogen-bond donors (Lipinski definition) is 1. The van der Waals surface area contributed by atoms with Crippen molar-refractivity contribution in [1.82, 2.24) is 4.98 Å². The fourth-order valence-corrected chi connectivity index (χ4v) is 3.25. The first-order chi connectivity index (χ1) is 6.82. The van der Waals surface area contributed by atoms with Gasteiger partial charge >= 0.3 is 0 Å². The average molecular weight is 188 g/mol. The lowest BCUT2D eigenvalue weighted by Gasteiger charge is -2.59. The van der Waals surface area contributed by atoms with E-state index >= 15 is 0 Å². The van der Waals surface area contributed by atoms with Gasteiger partial charge in [0.1, 0.15) is 0 Å². The van der Waals surface area contributed by atoms with Crippen molar-refractivity contribution in [2.45, 2.75) is 37.6 Å². The minimum atomic E-state index is 0.352. The van der Waals surface area contributed by atoms with Crippen molar-refractivity contribution in [1.29, 1.82) is 0 Å². The SMILES string of the molecule is NC1CC2(CCC2)C1c1ccccn1. The van der Waals surface area contributed by atoms with E-state index in [0.717, 1.165) is 0 Å². The maximum absolute atomic E-state index is 6.10. The highest BCUT2D eigenvalue weighted by atomic mass is 14.8. The minimum Gasteiger partial charge on any atom is -0.327 e. The van der Waals surface area contributed by atoms with Crippen molar-refractivity contribution in [2.75, 3.05) is 0 Å². The Balaban J connectivity index is 1.90. The molecule has 0 radical (unpaired) electrons. The minimum absolute atomic E-state index is 0.352. The molecule has 1 spiro atoms. The summed E-state index contributed by atoms with van der Waals surface area (Å²) >= 11 is 0. The summed E-state index contributed by atoms with van der Waals surface area (Å²) in [6.45, 7) is 0. The van der Waals surface area contributed by atoms with Crippen molar-refractivity contribution in [2.24, 2.45) is 11.1 Å². The summed E-state index contributed by atoms with van der Waals surface area (Å²) in [6, 6.07) is 6.52. The molecule has 2 atom stereocenters. The number of pyridine rings is 1. The van der Waals surface area contributed by atoms with Crippen LogP contribution in [-0.4, -0.2) is 11.0 Å². The van der Waals surface area contributed by atoms with E-state index in [-0.39, 0.29) is 0 Å². The average Bonchev–Trinajstić information content (AvgIpc) is 2.12. The molecule has 2 heteroatoms. The molecule has 2 aliphatic rings. The zero-order chi connectivity index (χ0) is 9.60. The van der Waals surface area contributed by atoms with Gasteiger partial charge in [0.15, 0.2) is 0 Å². The van der Waals surface area contributed by atoms with Gasteiger partial charge in [-0.05, 0) is 36.8 Å². The topological polar surface area (TPSA) is 38.9 Å². The van der Waals surface area contributed by atoms with Crippen molar-refractivity contribution < 1.29 is 0 Å². The number of aromatic nitrogens is 1. The van der Waals surface area contributed by atoms with E-state index in [1.807, 2.05) is 12.3 Å². The molecule has 2 saturated carbocycles. The molecule has 2 unspecified atom stereocenters. The van der Waals surface area contributed by atoms with E-state index in [0.29, 0.717) is 17.4 Å². The summed E-state index contributed by atoms with van der Waals surface area (Å²) in [7, 11) is 0. The highest BCUT2D eigenvalue weighted by Gasteiger charge is 2.56. The lowest BCUT2D eigenvalue weighted by molar-refractivity contribution is -0.0233. The third kappa shape index (κ3) is 0.976. The zero-order valence-corrected chi connectivity index (χ0v) is 8.32. The second-order valence-corrected chi connectivity index (χ2v) is 4.82. The van der Waals surface area contributed by atoms with Crippen LogP contribution < -0.4 is 5.73 Å². The van der Waals surface area contributed by atoms with Gasteiger partial charge in [-0.1, -0.05) is 12.5 Å². The summed E-state index contributed by atoms with van der Waals surface area (Å²) < 4.78 is 0. The third-order valence-corrected chi connectivity index (χ3v) is 4.09. The highest BCUT2D eigenvalue weighted by Crippen LogP contribution is 2.62. The molecule has 74 valence electrons. The van der Waals surface area contributed by atoms with Gasteiger partial charge in [0.2, 0.25) is 0 Å². The maximum atomic E-state index is 6.10. The lowest BCUT2D eigenvalue weighted by Crippen LogP contribution is -2.57. The van der Waals surface area contributed by atoms with Crippen LogP contribution in [-0.2, 0) is 0 Å². The van der Waals surface area contributed by atoms with Gasteiger partial charge in [0.05, 0.1) is 0 Å². The molecule has 0 bridgehead atoms. The number of nitrogens with two attached hydrogens (primary N) is 1. The standard InChI is InChI=1S/C12H16N2/c13-9-8-12(5-3-6-12)11(9)10-4-1-2-7-14-10/h1-2,4,7,9,11H,3,5-6,8,13H2. The molecule has 2 nitrogen and oxygen atoms in total. The van der Waals surface area contributed by atoms with Crippen LogP contribution in [0, 0.1) is 5.41 Å². The molecular weight excluding hydrogens is 172 g/mol. The van der Waals surface area contributed by atoms with E-state index in [1.54, 1.807) is 0 Å². The maximum Gasteiger partial charge on any atom is 0.0455 e. The van der Waals surface area contributed by atoms with Gasteiger partial charge < -0.3 is 5.73 Å². The summed E-state index contributed by atoms with van der Waals surface area (Å²) in [5.41, 5.74) is 7.86. The predicted molar refractivity (Wildman–Crippen MR) is 55.9 cm³/mol. The van der Waals surface area contributed by atoms with E-state index in [4.69, 9.17) is 5.73 Å². The van der Waals surface area contributed by atoms with Crippen LogP contribution in [0.2, 0.25) is 0 Å². The van der Waals surface area contributed by atoms with Crippen LogP contribution in [0.4, 0.5) is 0 Å². The van der Waals surface area contributed by atoms with Gasteiger partial charge in [0, 0.05) is 23.9 Å². The molecule has 0 aliphatic heterocycles. The van der Waals surface area contributed by atoms with Crippen LogP contribution in [0.1, 0.15) is 37.3 Å². The molecule has 2 fully saturated rings. The second-order valence-electron chi connectivity index (χ2n) is 4.82. The monoisotopic (exact) mass is 188 g/mol. The van der Waals surface area contributed by atoms with Crippen LogP contribution in [0.3, 0.4) is 0 Å². The van der Waals surface area contributed by atoms with Crippen LogP contribution in [0.25, 0.3) is 0 Å². The van der Waals surface area contributed by atoms with E-state index in [2.05, 4.69) is 17.1 Å². The van der Waals surface area contributed by atoms with E-state index < -0.39 is 0 Å². The Morgan fingerprint density at radius 2 is 2.21 bits per heavy atom. The van der Waals surface area contributed by atoms with E-state index in [1.165, 1.54) is 31.4 Å². The molecule has 2 N–H and O–H groups in total. The number of hydrogen-bond acceptors (Lipinski definition) is 2. The Morgan fingerprint density at radius 1 is 1.36 bits per heavy atom. The summed E-state index contributed by atoms with van der Waals surface area (Å²) in [5.74, 6) is 0.539. The summed E-state index contributed by atoms with van der Waals surface area (Å²) in [4.78, 5) is 4.45. The normalized spacial score (nSPS) is 33.5. The molecule has 1 aromatic heterocycles. The Bertz CT molecular complexity index is 329. The highest BCUT2D eigenvalue weighted by molar-refractivity contribution is 5.24. The first-order valence-corrected chi connectivity index (χ1v) is 5.48. The van der Waals surface area contributed by atoms with Crippen molar-refractivity contribution in [3.8, 4) is 0 Å². The fraction of sp³-hybridized carbons (Fsp3) is 0.583. The Kier molecular flexibility index (Phi) is 1.68. The zero-order valence-electron chi connectivity index (χ0n) is 8.32. The summed E-state index contributed by atoms with van der Waals surface area (Å²) in [6.07, 6.45) is 7.21. The molecule has 2 aliphatic carbocycles. The summed E-state index contributed by atoms with van der Waals surface area (Å²) in [5, 5.41) is 0. The largest absolute Gasteiger partial charge is 0.327 e. The molecule has 3 rings (SSSR count). The van der Waals surface area contributed by atoms with Crippen molar-refractivity contribution in [3.05, 3.63) is 30.1 Å². The van der Waals surface area contributed by atoms with Gasteiger partial charge in [-0.25, -0.2) is 0 Å². The van der Waals surface area contributed by atoms with Crippen LogP contribution in [0.15, 0.2) is 24.4 Å². The first kappa shape index (κ1) is 8.42. The third-order valence-electron chi connectivity index (χ3n) is 4.09. The Labute approximate surface area is 84.5 Å². The van der Waals surface area contributed by atoms with Gasteiger partial charge in [-0.15, -0.1) is 0 Å². The first-order valence-electron chi connectivity index (χ1n) is 5.48. The van der Waals surface area contributed by atoms with Gasteiger partial charge in [-0.2, -0.15) is 0 Å². The smallest absolute Gasteiger partial charge is 0.0455 e. The fourth-order valence-electron chi connectivity index (χ4n) is 3.25. The number of nitrogens with zero attached hydrogens (tertiary/aromatic N) is 1. The predicted octanol–water partition coefficient (Wildman–Crippen LogP) is 2.07. The van der Waals surface area contributed by atoms with Crippen molar-refractivity contribution in [3.63, 3.8) is 0 Å². The van der Waals surface area contributed by atoms with Gasteiger partial charge in [-0.3, -0.25) is 4.98 Å². The van der Waals surface area contributed by atoms with Gasteiger partial charge in [0.25, 0.3) is 0 Å². The Morgan fingerprint density at radius 3 is 2.71 bits per heavy atom. The molecule has 1 heterocycles. The van der Waals surface area contributed by atoms with Crippen LogP contribution in [0.5, 0.6) is 0 Å². The molecule has 14 heavy (non-hydrogen) atoms. The molecule has 1 aromatic rings. The van der Waals surface area contributed by atoms with Crippen molar-refractivity contribution >= 4 is 0 Å². The Hall–Kier alpha value is -0.890. The number of rotatable bonds is 1.